The van der Waals surface area contributed by atoms with E-state index in [4.69, 9.17) is 4.74 Å². The molecule has 0 saturated heterocycles. The summed E-state index contributed by atoms with van der Waals surface area (Å²) in [4.78, 5) is 14.0. The minimum absolute atomic E-state index is 0.0133. The summed E-state index contributed by atoms with van der Waals surface area (Å²) in [6.07, 6.45) is 6.48. The Kier molecular flexibility index (Phi) is 4.48. The summed E-state index contributed by atoms with van der Waals surface area (Å²) in [7, 11) is 1.63. The van der Waals surface area contributed by atoms with Gasteiger partial charge < -0.3 is 15.2 Å². The highest BCUT2D eigenvalue weighted by atomic mass is 32.1. The van der Waals surface area contributed by atoms with Crippen molar-refractivity contribution in [2.45, 2.75) is 12.5 Å². The number of benzene rings is 1. The number of aromatic hydroxyl groups is 1. The fourth-order valence-electron chi connectivity index (χ4n) is 2.34. The number of hydrogen-bond acceptors (Lipinski definition) is 4. The number of phenolic OH excluding ortho intramolecular Hbond substituents is 1. The minimum Gasteiger partial charge on any atom is -0.508 e. The van der Waals surface area contributed by atoms with Crippen molar-refractivity contribution in [1.29, 1.82) is 0 Å². The molecule has 0 fully saturated rings. The van der Waals surface area contributed by atoms with Gasteiger partial charge in [-0.05, 0) is 60.5 Å². The minimum atomic E-state index is -0.0797. The summed E-state index contributed by atoms with van der Waals surface area (Å²) in [5.41, 5.74) is 0.983. The summed E-state index contributed by atoms with van der Waals surface area (Å²) in [5, 5.41) is 12.3. The van der Waals surface area contributed by atoms with Gasteiger partial charge in [0, 0.05) is 4.88 Å². The molecule has 1 aromatic carbocycles. The second kappa shape index (κ2) is 6.71. The lowest BCUT2D eigenvalue weighted by molar-refractivity contribution is 0.0948. The van der Waals surface area contributed by atoms with Gasteiger partial charge in [0.05, 0.1) is 18.0 Å². The predicted octanol–water partition coefficient (Wildman–Crippen LogP) is 3.71. The van der Waals surface area contributed by atoms with Crippen molar-refractivity contribution in [2.24, 2.45) is 0 Å². The fraction of sp³-hybridized carbons (Fsp3) is 0.167. The summed E-state index contributed by atoms with van der Waals surface area (Å²) in [5.74, 6) is 0.973. The number of methoxy groups -OCH3 is 1. The molecule has 0 aliphatic heterocycles. The van der Waals surface area contributed by atoms with Crippen LogP contribution >= 0.6 is 11.3 Å². The number of thiophene rings is 1. The van der Waals surface area contributed by atoms with Gasteiger partial charge in [0.15, 0.2) is 0 Å². The molecule has 1 aliphatic carbocycles. The quantitative estimate of drug-likeness (QED) is 0.900. The van der Waals surface area contributed by atoms with Crippen LogP contribution in [0.25, 0.3) is 10.4 Å². The third-order valence-electron chi connectivity index (χ3n) is 3.60. The lowest BCUT2D eigenvalue weighted by Gasteiger charge is -2.16. The van der Waals surface area contributed by atoms with E-state index in [9.17, 15) is 9.90 Å². The standard InChI is InChI=1S/C18H17NO3S/c1-22-15-8-4-13(5-9-15)19-18(21)17-11-10-16(23-17)12-2-6-14(20)7-3-12/h2-4,6-11,13,20H,5H2,1H3,(H,19,21). The number of carbonyl (C=O) groups is 1. The largest absolute Gasteiger partial charge is 0.508 e. The smallest absolute Gasteiger partial charge is 0.261 e. The van der Waals surface area contributed by atoms with Gasteiger partial charge in [-0.3, -0.25) is 4.79 Å². The molecule has 2 N–H and O–H groups in total. The molecule has 1 unspecified atom stereocenters. The molecule has 1 amide bonds. The average molecular weight is 327 g/mol. The van der Waals surface area contributed by atoms with Crippen molar-refractivity contribution >= 4 is 17.2 Å². The Morgan fingerprint density at radius 1 is 1.26 bits per heavy atom. The van der Waals surface area contributed by atoms with Crippen LogP contribution in [0.2, 0.25) is 0 Å². The number of rotatable bonds is 4. The first-order valence-corrected chi connectivity index (χ1v) is 8.10. The topological polar surface area (TPSA) is 58.6 Å². The first kappa shape index (κ1) is 15.4. The lowest BCUT2D eigenvalue weighted by atomic mass is 10.1. The second-order valence-corrected chi connectivity index (χ2v) is 6.28. The Labute approximate surface area is 138 Å². The van der Waals surface area contributed by atoms with Crippen molar-refractivity contribution in [2.75, 3.05) is 7.11 Å². The van der Waals surface area contributed by atoms with Crippen LogP contribution in [0.5, 0.6) is 5.75 Å². The number of carbonyl (C=O) groups excluding carboxylic acids is 1. The van der Waals surface area contributed by atoms with Crippen LogP contribution in [0.3, 0.4) is 0 Å². The van der Waals surface area contributed by atoms with Gasteiger partial charge in [-0.2, -0.15) is 0 Å². The Hall–Kier alpha value is -2.53. The maximum absolute atomic E-state index is 12.3. The van der Waals surface area contributed by atoms with Gasteiger partial charge in [-0.25, -0.2) is 0 Å². The lowest BCUT2D eigenvalue weighted by Crippen LogP contribution is -2.33. The molecule has 4 nitrogen and oxygen atoms in total. The number of amides is 1. The molecule has 5 heteroatoms. The van der Waals surface area contributed by atoms with Crippen LogP contribution in [-0.4, -0.2) is 24.2 Å². The highest BCUT2D eigenvalue weighted by Crippen LogP contribution is 2.29. The Morgan fingerprint density at radius 3 is 2.70 bits per heavy atom. The molecular weight excluding hydrogens is 310 g/mol. The van der Waals surface area contributed by atoms with Crippen LogP contribution in [0, 0.1) is 0 Å². The molecule has 2 aromatic rings. The van der Waals surface area contributed by atoms with Gasteiger partial charge >= 0.3 is 0 Å². The monoisotopic (exact) mass is 327 g/mol. The van der Waals surface area contributed by atoms with Crippen molar-refractivity contribution < 1.29 is 14.6 Å². The second-order valence-electron chi connectivity index (χ2n) is 5.20. The molecular formula is C18H17NO3S. The van der Waals surface area contributed by atoms with E-state index in [2.05, 4.69) is 5.32 Å². The third-order valence-corrected chi connectivity index (χ3v) is 4.73. The summed E-state index contributed by atoms with van der Waals surface area (Å²) < 4.78 is 5.14. The van der Waals surface area contributed by atoms with E-state index in [1.807, 2.05) is 42.5 Å². The van der Waals surface area contributed by atoms with Gasteiger partial charge in [0.25, 0.3) is 5.91 Å². The first-order chi connectivity index (χ1) is 11.2. The van der Waals surface area contributed by atoms with Crippen molar-refractivity contribution in [3.8, 4) is 16.2 Å². The normalized spacial score (nSPS) is 16.7. The number of nitrogens with one attached hydrogen (secondary N) is 1. The number of hydrogen-bond donors (Lipinski definition) is 2. The zero-order chi connectivity index (χ0) is 16.2. The van der Waals surface area contributed by atoms with E-state index in [1.165, 1.54) is 11.3 Å². The number of allylic oxidation sites excluding steroid dienone is 1. The Morgan fingerprint density at radius 2 is 2.04 bits per heavy atom. The molecule has 3 rings (SSSR count). The molecule has 1 heterocycles. The maximum atomic E-state index is 12.3. The number of phenols is 1. The van der Waals surface area contributed by atoms with Crippen LogP contribution < -0.4 is 5.32 Å². The van der Waals surface area contributed by atoms with E-state index in [0.717, 1.165) is 22.6 Å². The van der Waals surface area contributed by atoms with Crippen LogP contribution in [0.4, 0.5) is 0 Å². The van der Waals surface area contributed by atoms with Gasteiger partial charge in [-0.1, -0.05) is 6.08 Å². The van der Waals surface area contributed by atoms with Gasteiger partial charge in [0.2, 0.25) is 0 Å². The molecule has 0 spiro atoms. The average Bonchev–Trinajstić information content (AvgIpc) is 3.06. The summed E-state index contributed by atoms with van der Waals surface area (Å²) >= 11 is 1.44. The molecule has 118 valence electrons. The van der Waals surface area contributed by atoms with E-state index in [-0.39, 0.29) is 17.7 Å². The van der Waals surface area contributed by atoms with Crippen LogP contribution in [0.15, 0.2) is 60.4 Å². The third kappa shape index (κ3) is 3.63. The fourth-order valence-corrected chi connectivity index (χ4v) is 3.25. The van der Waals surface area contributed by atoms with Gasteiger partial charge in [0.1, 0.15) is 11.5 Å². The summed E-state index contributed by atoms with van der Waals surface area (Å²) in [6.45, 7) is 0. The predicted molar refractivity (Wildman–Crippen MR) is 91.5 cm³/mol. The van der Waals surface area contributed by atoms with E-state index < -0.39 is 0 Å². The van der Waals surface area contributed by atoms with Crippen molar-refractivity contribution in [3.05, 3.63) is 65.3 Å². The van der Waals surface area contributed by atoms with Gasteiger partial charge in [-0.15, -0.1) is 11.3 Å². The zero-order valence-corrected chi connectivity index (χ0v) is 13.5. The SMILES string of the molecule is COC1=CCC(NC(=O)c2ccc(-c3ccc(O)cc3)s2)C=C1. The molecule has 23 heavy (non-hydrogen) atoms. The van der Waals surface area contributed by atoms with E-state index in [0.29, 0.717) is 4.88 Å². The van der Waals surface area contributed by atoms with Crippen molar-refractivity contribution in [1.82, 2.24) is 5.32 Å². The summed E-state index contributed by atoms with van der Waals surface area (Å²) in [6, 6.07) is 10.7. The molecule has 0 saturated carbocycles. The van der Waals surface area contributed by atoms with E-state index in [1.54, 1.807) is 19.2 Å². The molecule has 1 aliphatic rings. The molecule has 1 atom stereocenters. The number of ether oxygens (including phenoxy) is 1. The highest BCUT2D eigenvalue weighted by molar-refractivity contribution is 7.17. The molecule has 0 radical (unpaired) electrons. The molecule has 0 bridgehead atoms. The van der Waals surface area contributed by atoms with E-state index >= 15 is 0 Å². The highest BCUT2D eigenvalue weighted by Gasteiger charge is 2.15. The Balaban J connectivity index is 1.66. The Bertz CT molecular complexity index is 759. The zero-order valence-electron chi connectivity index (χ0n) is 12.7. The van der Waals surface area contributed by atoms with Crippen LogP contribution in [0.1, 0.15) is 16.1 Å². The van der Waals surface area contributed by atoms with Crippen LogP contribution in [-0.2, 0) is 4.74 Å². The molecule has 1 aromatic heterocycles. The van der Waals surface area contributed by atoms with Crippen molar-refractivity contribution in [3.63, 3.8) is 0 Å². The first-order valence-electron chi connectivity index (χ1n) is 7.28. The maximum Gasteiger partial charge on any atom is 0.261 e.